The lowest BCUT2D eigenvalue weighted by atomic mass is 9.86. The van der Waals surface area contributed by atoms with Crippen molar-refractivity contribution in [2.75, 3.05) is 6.79 Å². The van der Waals surface area contributed by atoms with Crippen molar-refractivity contribution in [1.29, 1.82) is 0 Å². The second-order valence-electron chi connectivity index (χ2n) is 4.92. The average molecular weight is 294 g/mol. The van der Waals surface area contributed by atoms with Gasteiger partial charge < -0.3 is 20.5 Å². The van der Waals surface area contributed by atoms with E-state index in [1.807, 2.05) is 25.1 Å². The van der Waals surface area contributed by atoms with Crippen LogP contribution in [0.15, 0.2) is 18.2 Å². The molecule has 0 saturated carbocycles. The van der Waals surface area contributed by atoms with E-state index in [4.69, 9.17) is 27.4 Å². The van der Waals surface area contributed by atoms with E-state index < -0.39 is 5.41 Å². The predicted octanol–water partition coefficient (Wildman–Crippen LogP) is 1.73. The van der Waals surface area contributed by atoms with E-state index in [9.17, 15) is 4.79 Å². The maximum atomic E-state index is 12.2. The van der Waals surface area contributed by atoms with Gasteiger partial charge in [-0.25, -0.2) is 0 Å². The van der Waals surface area contributed by atoms with Crippen molar-refractivity contribution in [3.05, 3.63) is 23.8 Å². The van der Waals surface area contributed by atoms with Crippen molar-refractivity contribution >= 4 is 23.1 Å². The van der Waals surface area contributed by atoms with Gasteiger partial charge in [0, 0.05) is 6.54 Å². The maximum Gasteiger partial charge on any atom is 0.233 e. The van der Waals surface area contributed by atoms with Crippen LogP contribution in [0, 0.1) is 5.41 Å². The molecule has 0 aliphatic carbocycles. The molecule has 108 valence electrons. The Labute approximate surface area is 123 Å². The summed E-state index contributed by atoms with van der Waals surface area (Å²) in [5, 5.41) is 2.86. The minimum atomic E-state index is -0.814. The van der Waals surface area contributed by atoms with E-state index in [0.29, 0.717) is 18.7 Å². The zero-order valence-corrected chi connectivity index (χ0v) is 12.4. The van der Waals surface area contributed by atoms with Crippen LogP contribution in [0.5, 0.6) is 11.5 Å². The third-order valence-electron chi connectivity index (χ3n) is 3.64. The molecular weight excluding hydrogens is 276 g/mol. The van der Waals surface area contributed by atoms with Crippen LogP contribution in [-0.2, 0) is 11.3 Å². The van der Waals surface area contributed by atoms with Crippen molar-refractivity contribution in [2.45, 2.75) is 26.8 Å². The van der Waals surface area contributed by atoms with Crippen LogP contribution in [0.4, 0.5) is 0 Å². The number of amides is 1. The summed E-state index contributed by atoms with van der Waals surface area (Å²) in [7, 11) is 0. The number of carbonyl (C=O) groups is 1. The molecular formula is C14H18N2O3S. The van der Waals surface area contributed by atoms with Gasteiger partial charge in [-0.1, -0.05) is 25.2 Å². The lowest BCUT2D eigenvalue weighted by molar-refractivity contribution is -0.127. The molecule has 0 bridgehead atoms. The van der Waals surface area contributed by atoms with Gasteiger partial charge in [-0.15, -0.1) is 0 Å². The van der Waals surface area contributed by atoms with Crippen molar-refractivity contribution < 1.29 is 14.3 Å². The highest BCUT2D eigenvalue weighted by Crippen LogP contribution is 2.32. The minimum Gasteiger partial charge on any atom is -0.454 e. The lowest BCUT2D eigenvalue weighted by Crippen LogP contribution is -2.46. The van der Waals surface area contributed by atoms with Gasteiger partial charge >= 0.3 is 0 Å². The maximum absolute atomic E-state index is 12.2. The molecule has 1 unspecified atom stereocenters. The first kappa shape index (κ1) is 14.6. The van der Waals surface area contributed by atoms with Gasteiger partial charge in [0.25, 0.3) is 0 Å². The van der Waals surface area contributed by atoms with Crippen LogP contribution in [0.2, 0.25) is 0 Å². The molecule has 1 aliphatic rings. The van der Waals surface area contributed by atoms with Gasteiger partial charge in [0.15, 0.2) is 11.5 Å². The lowest BCUT2D eigenvalue weighted by Gasteiger charge is -2.25. The number of fused-ring (bicyclic) bond motifs is 1. The van der Waals surface area contributed by atoms with Gasteiger partial charge in [0.1, 0.15) is 0 Å². The first-order valence-electron chi connectivity index (χ1n) is 6.44. The summed E-state index contributed by atoms with van der Waals surface area (Å²) in [5.41, 5.74) is 5.78. The fourth-order valence-electron chi connectivity index (χ4n) is 1.88. The summed E-state index contributed by atoms with van der Waals surface area (Å²) in [6.07, 6.45) is 0.565. The molecule has 1 aromatic carbocycles. The number of rotatable bonds is 5. The molecule has 0 spiro atoms. The number of carbonyl (C=O) groups excluding carboxylic acids is 1. The highest BCUT2D eigenvalue weighted by molar-refractivity contribution is 7.80. The number of hydrogen-bond acceptors (Lipinski definition) is 4. The smallest absolute Gasteiger partial charge is 0.233 e. The molecule has 1 aromatic rings. The monoisotopic (exact) mass is 294 g/mol. The normalized spacial score (nSPS) is 15.5. The Hall–Kier alpha value is -1.82. The van der Waals surface area contributed by atoms with Gasteiger partial charge in [-0.05, 0) is 31.0 Å². The van der Waals surface area contributed by atoms with Crippen molar-refractivity contribution in [2.24, 2.45) is 11.1 Å². The van der Waals surface area contributed by atoms with Gasteiger partial charge in [-0.2, -0.15) is 0 Å². The molecule has 20 heavy (non-hydrogen) atoms. The summed E-state index contributed by atoms with van der Waals surface area (Å²) in [4.78, 5) is 12.4. The molecule has 1 atom stereocenters. The molecule has 0 radical (unpaired) electrons. The van der Waals surface area contributed by atoms with Crippen LogP contribution in [0.1, 0.15) is 25.8 Å². The zero-order chi connectivity index (χ0) is 14.8. The highest BCUT2D eigenvalue weighted by atomic mass is 32.1. The highest BCUT2D eigenvalue weighted by Gasteiger charge is 2.34. The van der Waals surface area contributed by atoms with E-state index >= 15 is 0 Å². The van der Waals surface area contributed by atoms with Gasteiger partial charge in [0.05, 0.1) is 10.4 Å². The number of thiocarbonyl (C=S) groups is 1. The SMILES string of the molecule is CCC(C)(C(=O)NCc1ccc2c(c1)OCO2)C(N)=S. The van der Waals surface area contributed by atoms with E-state index in [-0.39, 0.29) is 17.7 Å². The minimum absolute atomic E-state index is 0.162. The fraction of sp³-hybridized carbons (Fsp3) is 0.429. The molecule has 2 rings (SSSR count). The topological polar surface area (TPSA) is 73.6 Å². The van der Waals surface area contributed by atoms with Crippen LogP contribution in [0.3, 0.4) is 0 Å². The third-order valence-corrected chi connectivity index (χ3v) is 4.09. The third kappa shape index (κ3) is 2.70. The van der Waals surface area contributed by atoms with Crippen LogP contribution in [0.25, 0.3) is 0 Å². The Balaban J connectivity index is 2.02. The second kappa shape index (κ2) is 5.66. The standard InChI is InChI=1S/C14H18N2O3S/c1-3-14(2,12(15)20)13(17)16-7-9-4-5-10-11(6-9)19-8-18-10/h4-6H,3,7-8H2,1-2H3,(H2,15,20)(H,16,17). The zero-order valence-electron chi connectivity index (χ0n) is 11.6. The number of nitrogens with two attached hydrogens (primary N) is 1. The molecule has 0 saturated heterocycles. The van der Waals surface area contributed by atoms with Crippen LogP contribution in [-0.4, -0.2) is 17.7 Å². The molecule has 0 fully saturated rings. The van der Waals surface area contributed by atoms with E-state index in [1.165, 1.54) is 0 Å². The van der Waals surface area contributed by atoms with E-state index in [1.54, 1.807) is 6.92 Å². The average Bonchev–Trinajstić information content (AvgIpc) is 2.90. The van der Waals surface area contributed by atoms with Crippen molar-refractivity contribution in [3.8, 4) is 11.5 Å². The molecule has 1 heterocycles. The Morgan fingerprint density at radius 2 is 2.15 bits per heavy atom. The summed E-state index contributed by atoms with van der Waals surface area (Å²) in [6.45, 7) is 4.28. The molecule has 1 amide bonds. The van der Waals surface area contributed by atoms with Crippen molar-refractivity contribution in [3.63, 3.8) is 0 Å². The Kier molecular flexibility index (Phi) is 4.13. The molecule has 3 N–H and O–H groups in total. The number of ether oxygens (including phenoxy) is 2. The summed E-state index contributed by atoms with van der Waals surface area (Å²) < 4.78 is 10.5. The molecule has 5 nitrogen and oxygen atoms in total. The van der Waals surface area contributed by atoms with Crippen molar-refractivity contribution in [1.82, 2.24) is 5.32 Å². The quantitative estimate of drug-likeness (QED) is 0.809. The fourth-order valence-corrected chi connectivity index (χ4v) is 2.11. The van der Waals surface area contributed by atoms with Gasteiger partial charge in [0.2, 0.25) is 12.7 Å². The summed E-state index contributed by atoms with van der Waals surface area (Å²) in [5.74, 6) is 1.26. The largest absolute Gasteiger partial charge is 0.454 e. The molecule has 6 heteroatoms. The summed E-state index contributed by atoms with van der Waals surface area (Å²) in [6, 6.07) is 5.57. The number of hydrogen-bond donors (Lipinski definition) is 2. The Morgan fingerprint density at radius 3 is 2.80 bits per heavy atom. The Bertz CT molecular complexity index is 547. The summed E-state index contributed by atoms with van der Waals surface area (Å²) >= 11 is 4.98. The number of benzene rings is 1. The first-order valence-corrected chi connectivity index (χ1v) is 6.85. The van der Waals surface area contributed by atoms with E-state index in [0.717, 1.165) is 11.3 Å². The van der Waals surface area contributed by atoms with E-state index in [2.05, 4.69) is 5.32 Å². The first-order chi connectivity index (χ1) is 9.47. The van der Waals surface area contributed by atoms with Gasteiger partial charge in [-0.3, -0.25) is 4.79 Å². The molecule has 0 aromatic heterocycles. The number of nitrogens with one attached hydrogen (secondary N) is 1. The Morgan fingerprint density at radius 1 is 1.45 bits per heavy atom. The predicted molar refractivity (Wildman–Crippen MR) is 79.6 cm³/mol. The van der Waals surface area contributed by atoms with Crippen LogP contribution >= 0.6 is 12.2 Å². The second-order valence-corrected chi connectivity index (χ2v) is 5.36. The molecule has 1 aliphatic heterocycles. The van der Waals surface area contributed by atoms with Crippen LogP contribution < -0.4 is 20.5 Å².